The van der Waals surface area contributed by atoms with Crippen LogP contribution in [0.5, 0.6) is 0 Å². The summed E-state index contributed by atoms with van der Waals surface area (Å²) in [6.45, 7) is 0. The van der Waals surface area contributed by atoms with Gasteiger partial charge in [0.2, 0.25) is 4.93 Å². The summed E-state index contributed by atoms with van der Waals surface area (Å²) in [6.07, 6.45) is 2.38. The molecular weight excluding hydrogens is 292 g/mol. The maximum atomic E-state index is 12.3. The number of allylic oxidation sites excluding steroid dienone is 2. The number of thioether (sulfide) groups is 1. The van der Waals surface area contributed by atoms with E-state index in [1.54, 1.807) is 11.8 Å². The minimum Gasteiger partial charge on any atom is -0.471 e. The van der Waals surface area contributed by atoms with Gasteiger partial charge < -0.3 is 4.74 Å². The minimum absolute atomic E-state index is 0.222. The highest BCUT2D eigenvalue weighted by Crippen LogP contribution is 2.56. The van der Waals surface area contributed by atoms with Crippen LogP contribution >= 0.6 is 11.8 Å². The molecule has 110 valence electrons. The van der Waals surface area contributed by atoms with E-state index >= 15 is 0 Å². The Bertz CT molecular complexity index is 695. The van der Waals surface area contributed by atoms with Crippen molar-refractivity contribution in [2.75, 3.05) is 0 Å². The fourth-order valence-corrected chi connectivity index (χ4v) is 4.47. The average Bonchev–Trinajstić information content (AvgIpc) is 2.99. The summed E-state index contributed by atoms with van der Waals surface area (Å²) in [5.41, 5.74) is 2.15. The number of Topliss-reactive ketones (excluding diaryl/α,β-unsaturated/α-hetero) is 1. The molecule has 2 aromatic carbocycles. The molecule has 0 saturated heterocycles. The van der Waals surface area contributed by atoms with Crippen molar-refractivity contribution < 1.29 is 9.53 Å². The van der Waals surface area contributed by atoms with Gasteiger partial charge in [0, 0.05) is 24.0 Å². The highest BCUT2D eigenvalue weighted by atomic mass is 32.2. The predicted octanol–water partition coefficient (Wildman–Crippen LogP) is 4.62. The molecule has 1 heterocycles. The fraction of sp³-hybridized carbons (Fsp3) is 0.211. The van der Waals surface area contributed by atoms with Gasteiger partial charge in [0.25, 0.3) is 0 Å². The monoisotopic (exact) mass is 308 g/mol. The topological polar surface area (TPSA) is 26.3 Å². The van der Waals surface area contributed by atoms with Crippen LogP contribution < -0.4 is 0 Å². The highest BCUT2D eigenvalue weighted by Gasteiger charge is 2.47. The van der Waals surface area contributed by atoms with E-state index in [1.807, 2.05) is 36.4 Å². The van der Waals surface area contributed by atoms with Gasteiger partial charge in [-0.05, 0) is 6.42 Å². The first-order chi connectivity index (χ1) is 10.8. The highest BCUT2D eigenvalue weighted by molar-refractivity contribution is 8.05. The van der Waals surface area contributed by atoms with E-state index in [-0.39, 0.29) is 5.78 Å². The van der Waals surface area contributed by atoms with Crippen LogP contribution in [-0.4, -0.2) is 5.78 Å². The predicted molar refractivity (Wildman–Crippen MR) is 88.2 cm³/mol. The average molecular weight is 308 g/mol. The van der Waals surface area contributed by atoms with E-state index in [2.05, 4.69) is 24.3 Å². The quantitative estimate of drug-likeness (QED) is 0.810. The van der Waals surface area contributed by atoms with Crippen molar-refractivity contribution in [1.82, 2.24) is 0 Å². The lowest BCUT2D eigenvalue weighted by Gasteiger charge is -2.30. The SMILES string of the molecule is O=C1CCCC2=C1SC(c1ccccc1)(c1ccccc1)O2. The number of ether oxygens (including phenoxy) is 1. The summed E-state index contributed by atoms with van der Waals surface area (Å²) < 4.78 is 6.42. The van der Waals surface area contributed by atoms with Gasteiger partial charge in [-0.3, -0.25) is 4.79 Å². The molecule has 3 heteroatoms. The first-order valence-corrected chi connectivity index (χ1v) is 8.37. The molecule has 0 radical (unpaired) electrons. The molecule has 0 bridgehead atoms. The van der Waals surface area contributed by atoms with Crippen LogP contribution in [-0.2, 0) is 14.5 Å². The molecule has 0 amide bonds. The normalized spacial score (nSPS) is 19.7. The summed E-state index contributed by atoms with van der Waals surface area (Å²) in [7, 11) is 0. The van der Waals surface area contributed by atoms with Gasteiger partial charge in [-0.1, -0.05) is 72.4 Å². The van der Waals surface area contributed by atoms with Crippen LogP contribution in [0.15, 0.2) is 71.3 Å². The summed E-state index contributed by atoms with van der Waals surface area (Å²) in [6, 6.07) is 20.4. The van der Waals surface area contributed by atoms with E-state index in [0.29, 0.717) is 6.42 Å². The maximum Gasteiger partial charge on any atom is 0.210 e. The van der Waals surface area contributed by atoms with Crippen LogP contribution in [0.1, 0.15) is 30.4 Å². The number of rotatable bonds is 2. The molecule has 0 unspecified atom stereocenters. The smallest absolute Gasteiger partial charge is 0.210 e. The lowest BCUT2D eigenvalue weighted by atomic mass is 10.00. The molecule has 0 fully saturated rings. The van der Waals surface area contributed by atoms with Gasteiger partial charge >= 0.3 is 0 Å². The van der Waals surface area contributed by atoms with Crippen LogP contribution in [0, 0.1) is 0 Å². The maximum absolute atomic E-state index is 12.3. The first-order valence-electron chi connectivity index (χ1n) is 7.55. The third-order valence-electron chi connectivity index (χ3n) is 4.13. The summed E-state index contributed by atoms with van der Waals surface area (Å²) in [4.78, 5) is 12.5. The number of hydrogen-bond donors (Lipinski definition) is 0. The molecule has 2 aliphatic rings. The minimum atomic E-state index is -0.632. The first kappa shape index (κ1) is 13.6. The zero-order valence-corrected chi connectivity index (χ0v) is 12.9. The van der Waals surface area contributed by atoms with Gasteiger partial charge in [-0.25, -0.2) is 0 Å². The molecule has 0 N–H and O–H groups in total. The van der Waals surface area contributed by atoms with Crippen molar-refractivity contribution in [2.45, 2.75) is 24.2 Å². The lowest BCUT2D eigenvalue weighted by Crippen LogP contribution is -2.23. The van der Waals surface area contributed by atoms with Gasteiger partial charge in [-0.2, -0.15) is 0 Å². The molecule has 4 rings (SSSR count). The standard InChI is InChI=1S/C19H16O2S/c20-16-12-7-13-17-18(16)22-19(21-17,14-8-3-1-4-9-14)15-10-5-2-6-11-15/h1-6,8-11H,7,12-13H2. The van der Waals surface area contributed by atoms with Crippen LogP contribution in [0.25, 0.3) is 0 Å². The Labute approximate surface area is 134 Å². The van der Waals surface area contributed by atoms with E-state index in [9.17, 15) is 4.79 Å². The molecule has 2 aromatic rings. The van der Waals surface area contributed by atoms with Crippen molar-refractivity contribution in [3.63, 3.8) is 0 Å². The second kappa shape index (κ2) is 5.33. The van der Waals surface area contributed by atoms with Crippen molar-refractivity contribution in [2.24, 2.45) is 0 Å². The second-order valence-corrected chi connectivity index (χ2v) is 6.77. The largest absolute Gasteiger partial charge is 0.471 e. The van der Waals surface area contributed by atoms with Gasteiger partial charge in [-0.15, -0.1) is 0 Å². The Morgan fingerprint density at radius 3 is 2.00 bits per heavy atom. The van der Waals surface area contributed by atoms with Gasteiger partial charge in [0.05, 0.1) is 4.91 Å². The molecule has 22 heavy (non-hydrogen) atoms. The number of ketones is 1. The third kappa shape index (κ3) is 2.08. The molecular formula is C19H16O2S. The zero-order chi connectivity index (χ0) is 15.0. The van der Waals surface area contributed by atoms with Crippen molar-refractivity contribution in [1.29, 1.82) is 0 Å². The molecule has 2 nitrogen and oxygen atoms in total. The van der Waals surface area contributed by atoms with Crippen molar-refractivity contribution >= 4 is 17.5 Å². The van der Waals surface area contributed by atoms with Crippen LogP contribution in [0.4, 0.5) is 0 Å². The molecule has 0 spiro atoms. The third-order valence-corrected chi connectivity index (χ3v) is 5.64. The number of hydrogen-bond acceptors (Lipinski definition) is 3. The van der Waals surface area contributed by atoms with Gasteiger partial charge in [0.1, 0.15) is 5.76 Å². The second-order valence-electron chi connectivity index (χ2n) is 5.58. The summed E-state index contributed by atoms with van der Waals surface area (Å²) >= 11 is 1.56. The number of benzene rings is 2. The molecule has 1 aliphatic carbocycles. The van der Waals surface area contributed by atoms with Crippen LogP contribution in [0.2, 0.25) is 0 Å². The Balaban J connectivity index is 1.85. The van der Waals surface area contributed by atoms with E-state index in [0.717, 1.165) is 34.6 Å². The molecule has 0 aromatic heterocycles. The van der Waals surface area contributed by atoms with Crippen molar-refractivity contribution in [3.8, 4) is 0 Å². The van der Waals surface area contributed by atoms with Crippen molar-refractivity contribution in [3.05, 3.63) is 82.5 Å². The number of carbonyl (C=O) groups is 1. The Hall–Kier alpha value is -2.00. The fourth-order valence-electron chi connectivity index (χ4n) is 3.06. The van der Waals surface area contributed by atoms with E-state index in [4.69, 9.17) is 4.74 Å². The number of carbonyl (C=O) groups excluding carboxylic acids is 1. The lowest BCUT2D eigenvalue weighted by molar-refractivity contribution is -0.115. The molecule has 0 atom stereocenters. The zero-order valence-electron chi connectivity index (χ0n) is 12.1. The Kier molecular flexibility index (Phi) is 3.30. The van der Waals surface area contributed by atoms with Crippen LogP contribution in [0.3, 0.4) is 0 Å². The van der Waals surface area contributed by atoms with E-state index < -0.39 is 4.93 Å². The van der Waals surface area contributed by atoms with E-state index in [1.165, 1.54) is 0 Å². The summed E-state index contributed by atoms with van der Waals surface area (Å²) in [5.74, 6) is 1.09. The molecule has 0 saturated carbocycles. The summed E-state index contributed by atoms with van der Waals surface area (Å²) in [5, 5.41) is 0. The Morgan fingerprint density at radius 2 is 1.45 bits per heavy atom. The Morgan fingerprint density at radius 1 is 0.864 bits per heavy atom. The van der Waals surface area contributed by atoms with Gasteiger partial charge in [0.15, 0.2) is 5.78 Å². The molecule has 1 aliphatic heterocycles.